The number of hydrogen-bond acceptors (Lipinski definition) is 5. The summed E-state index contributed by atoms with van der Waals surface area (Å²) in [5.41, 5.74) is 1.89. The highest BCUT2D eigenvalue weighted by Crippen LogP contribution is 2.25. The van der Waals surface area contributed by atoms with Crippen molar-refractivity contribution in [3.8, 4) is 5.75 Å². The van der Waals surface area contributed by atoms with Crippen LogP contribution in [-0.4, -0.2) is 28.0 Å². The first-order valence-corrected chi connectivity index (χ1v) is 7.85. The van der Waals surface area contributed by atoms with Crippen molar-refractivity contribution >= 4 is 22.5 Å². The van der Waals surface area contributed by atoms with Crippen molar-refractivity contribution < 1.29 is 9.53 Å². The van der Waals surface area contributed by atoms with Gasteiger partial charge in [0.25, 0.3) is 5.56 Å². The molecule has 7 heteroatoms. The Balaban J connectivity index is 1.72. The van der Waals surface area contributed by atoms with E-state index in [2.05, 4.69) is 15.6 Å². The molecule has 25 heavy (non-hydrogen) atoms. The van der Waals surface area contributed by atoms with Crippen molar-refractivity contribution in [3.63, 3.8) is 0 Å². The zero-order valence-electron chi connectivity index (χ0n) is 14.0. The van der Waals surface area contributed by atoms with Gasteiger partial charge in [0, 0.05) is 6.42 Å². The summed E-state index contributed by atoms with van der Waals surface area (Å²) in [7, 11) is 1.55. The van der Waals surface area contributed by atoms with E-state index in [0.29, 0.717) is 22.3 Å². The van der Waals surface area contributed by atoms with E-state index in [1.807, 2.05) is 19.1 Å². The highest BCUT2D eigenvalue weighted by atomic mass is 16.5. The average Bonchev–Trinajstić information content (AvgIpc) is 2.61. The minimum absolute atomic E-state index is 0.101. The van der Waals surface area contributed by atoms with Gasteiger partial charge in [-0.05, 0) is 36.8 Å². The van der Waals surface area contributed by atoms with Gasteiger partial charge in [-0.2, -0.15) is 0 Å². The van der Waals surface area contributed by atoms with E-state index in [1.165, 1.54) is 4.68 Å². The summed E-state index contributed by atoms with van der Waals surface area (Å²) < 4.78 is 6.44. The van der Waals surface area contributed by atoms with E-state index in [1.54, 1.807) is 37.4 Å². The SMILES string of the molecule is COc1ccc(C)cc1NC(=O)CCn1nnc2ccccc2c1=O. The minimum Gasteiger partial charge on any atom is -0.495 e. The summed E-state index contributed by atoms with van der Waals surface area (Å²) in [5, 5.41) is 11.2. The number of hydrogen-bond donors (Lipinski definition) is 1. The Hall–Kier alpha value is -3.22. The summed E-state index contributed by atoms with van der Waals surface area (Å²) in [6.45, 7) is 2.08. The summed E-state index contributed by atoms with van der Waals surface area (Å²) >= 11 is 0. The molecular formula is C18H18N4O3. The molecular weight excluding hydrogens is 320 g/mol. The van der Waals surface area contributed by atoms with Gasteiger partial charge in [0.05, 0.1) is 24.7 Å². The van der Waals surface area contributed by atoms with Crippen LogP contribution in [0.1, 0.15) is 12.0 Å². The Bertz CT molecular complexity index is 981. The van der Waals surface area contributed by atoms with Crippen molar-refractivity contribution in [1.82, 2.24) is 15.0 Å². The lowest BCUT2D eigenvalue weighted by Crippen LogP contribution is -2.26. The van der Waals surface area contributed by atoms with Gasteiger partial charge in [-0.25, -0.2) is 4.68 Å². The second-order valence-electron chi connectivity index (χ2n) is 5.64. The van der Waals surface area contributed by atoms with Crippen molar-refractivity contribution in [2.75, 3.05) is 12.4 Å². The topological polar surface area (TPSA) is 86.1 Å². The summed E-state index contributed by atoms with van der Waals surface area (Å²) in [6, 6.07) is 12.5. The highest BCUT2D eigenvalue weighted by Gasteiger charge is 2.10. The van der Waals surface area contributed by atoms with Crippen molar-refractivity contribution in [2.45, 2.75) is 19.9 Å². The van der Waals surface area contributed by atoms with Crippen LogP contribution in [0.2, 0.25) is 0 Å². The number of amides is 1. The van der Waals surface area contributed by atoms with Gasteiger partial charge in [-0.15, -0.1) is 5.10 Å². The minimum atomic E-state index is -0.258. The molecule has 0 radical (unpaired) electrons. The molecule has 0 aliphatic heterocycles. The van der Waals surface area contributed by atoms with Gasteiger partial charge in [-0.3, -0.25) is 9.59 Å². The normalized spacial score (nSPS) is 10.6. The smallest absolute Gasteiger partial charge is 0.277 e. The number of nitrogens with one attached hydrogen (secondary N) is 1. The third-order valence-electron chi connectivity index (χ3n) is 3.81. The summed E-state index contributed by atoms with van der Waals surface area (Å²) in [4.78, 5) is 24.6. The lowest BCUT2D eigenvalue weighted by molar-refractivity contribution is -0.116. The standard InChI is InChI=1S/C18H18N4O3/c1-12-7-8-16(25-2)15(11-12)19-17(23)9-10-22-18(24)13-5-3-4-6-14(13)20-21-22/h3-8,11H,9-10H2,1-2H3,(H,19,23). The molecule has 1 aromatic heterocycles. The van der Waals surface area contributed by atoms with Gasteiger partial charge < -0.3 is 10.1 Å². The van der Waals surface area contributed by atoms with Crippen LogP contribution in [0.5, 0.6) is 5.75 Å². The second kappa shape index (κ2) is 7.12. The number of ether oxygens (including phenoxy) is 1. The Kier molecular flexibility index (Phi) is 4.74. The molecule has 0 bridgehead atoms. The average molecular weight is 338 g/mol. The van der Waals surface area contributed by atoms with Crippen LogP contribution < -0.4 is 15.6 Å². The molecule has 1 heterocycles. The lowest BCUT2D eigenvalue weighted by atomic mass is 10.2. The predicted octanol–water partition coefficient (Wildman–Crippen LogP) is 2.14. The molecule has 3 aromatic rings. The number of carbonyl (C=O) groups excluding carboxylic acids is 1. The Labute approximate surface area is 144 Å². The van der Waals surface area contributed by atoms with Crippen molar-refractivity contribution in [1.29, 1.82) is 0 Å². The van der Waals surface area contributed by atoms with E-state index in [4.69, 9.17) is 4.74 Å². The zero-order valence-corrected chi connectivity index (χ0v) is 14.0. The van der Waals surface area contributed by atoms with Crippen LogP contribution in [0, 0.1) is 6.92 Å². The molecule has 0 fully saturated rings. The molecule has 0 aliphatic carbocycles. The first-order chi connectivity index (χ1) is 12.1. The maximum atomic E-state index is 12.4. The van der Waals surface area contributed by atoms with Crippen molar-refractivity contribution in [2.24, 2.45) is 0 Å². The number of anilines is 1. The van der Waals surface area contributed by atoms with Gasteiger partial charge in [0.2, 0.25) is 5.91 Å². The van der Waals surface area contributed by atoms with E-state index in [0.717, 1.165) is 5.56 Å². The molecule has 0 aliphatic rings. The van der Waals surface area contributed by atoms with E-state index >= 15 is 0 Å². The molecule has 0 unspecified atom stereocenters. The Morgan fingerprint density at radius 3 is 2.84 bits per heavy atom. The monoisotopic (exact) mass is 338 g/mol. The number of aromatic nitrogens is 3. The number of aryl methyl sites for hydroxylation is 2. The van der Waals surface area contributed by atoms with Gasteiger partial charge >= 0.3 is 0 Å². The van der Waals surface area contributed by atoms with Crippen LogP contribution in [0.15, 0.2) is 47.3 Å². The molecule has 0 saturated carbocycles. The second-order valence-corrected chi connectivity index (χ2v) is 5.64. The van der Waals surface area contributed by atoms with Crippen LogP contribution in [0.25, 0.3) is 10.9 Å². The number of rotatable bonds is 5. The molecule has 1 N–H and O–H groups in total. The van der Waals surface area contributed by atoms with E-state index in [9.17, 15) is 9.59 Å². The largest absolute Gasteiger partial charge is 0.495 e. The number of methoxy groups -OCH3 is 1. The third kappa shape index (κ3) is 3.65. The fourth-order valence-electron chi connectivity index (χ4n) is 2.51. The first-order valence-electron chi connectivity index (χ1n) is 7.85. The first kappa shape index (κ1) is 16.6. The number of fused-ring (bicyclic) bond motifs is 1. The molecule has 0 saturated heterocycles. The quantitative estimate of drug-likeness (QED) is 0.770. The molecule has 0 spiro atoms. The zero-order chi connectivity index (χ0) is 17.8. The Morgan fingerprint density at radius 1 is 1.24 bits per heavy atom. The number of nitrogens with zero attached hydrogens (tertiary/aromatic N) is 3. The van der Waals surface area contributed by atoms with Crippen LogP contribution in [0.3, 0.4) is 0 Å². The van der Waals surface area contributed by atoms with Crippen LogP contribution >= 0.6 is 0 Å². The van der Waals surface area contributed by atoms with Crippen molar-refractivity contribution in [3.05, 3.63) is 58.4 Å². The number of carbonyl (C=O) groups is 1. The highest BCUT2D eigenvalue weighted by molar-refractivity contribution is 5.92. The van der Waals surface area contributed by atoms with Crippen LogP contribution in [0.4, 0.5) is 5.69 Å². The molecule has 7 nitrogen and oxygen atoms in total. The van der Waals surface area contributed by atoms with Gasteiger partial charge in [0.1, 0.15) is 11.3 Å². The maximum absolute atomic E-state index is 12.4. The van der Waals surface area contributed by atoms with E-state index < -0.39 is 0 Å². The fraction of sp³-hybridized carbons (Fsp3) is 0.222. The fourth-order valence-corrected chi connectivity index (χ4v) is 2.51. The molecule has 128 valence electrons. The molecule has 3 rings (SSSR count). The predicted molar refractivity (Wildman–Crippen MR) is 94.8 cm³/mol. The lowest BCUT2D eigenvalue weighted by Gasteiger charge is -2.11. The maximum Gasteiger partial charge on any atom is 0.277 e. The third-order valence-corrected chi connectivity index (χ3v) is 3.81. The Morgan fingerprint density at radius 2 is 2.04 bits per heavy atom. The van der Waals surface area contributed by atoms with Gasteiger partial charge in [0.15, 0.2) is 0 Å². The van der Waals surface area contributed by atoms with E-state index in [-0.39, 0.29) is 24.4 Å². The summed E-state index contributed by atoms with van der Waals surface area (Å²) in [5.74, 6) is 0.354. The van der Waals surface area contributed by atoms with Gasteiger partial charge in [-0.1, -0.05) is 23.4 Å². The molecule has 2 aromatic carbocycles. The molecule has 0 atom stereocenters. The number of benzene rings is 2. The van der Waals surface area contributed by atoms with Crippen LogP contribution in [-0.2, 0) is 11.3 Å². The summed E-state index contributed by atoms with van der Waals surface area (Å²) in [6.07, 6.45) is 0.101. The molecule has 1 amide bonds.